The number of amides is 1. The van der Waals surface area contributed by atoms with Gasteiger partial charge in [-0.3, -0.25) is 9.59 Å². The van der Waals surface area contributed by atoms with Crippen LogP contribution in [0.3, 0.4) is 0 Å². The summed E-state index contributed by atoms with van der Waals surface area (Å²) in [6.45, 7) is 0. The zero-order chi connectivity index (χ0) is 24.8. The van der Waals surface area contributed by atoms with Gasteiger partial charge in [-0.15, -0.1) is 22.7 Å². The number of carbonyl (C=O) groups excluding carboxylic acids is 1. The molecule has 0 spiro atoms. The van der Waals surface area contributed by atoms with Crippen molar-refractivity contribution in [3.63, 3.8) is 0 Å². The number of hydrazone groups is 1. The van der Waals surface area contributed by atoms with E-state index < -0.39 is 0 Å². The van der Waals surface area contributed by atoms with Gasteiger partial charge in [0.15, 0.2) is 0 Å². The van der Waals surface area contributed by atoms with Crippen molar-refractivity contribution in [3.05, 3.63) is 114 Å². The van der Waals surface area contributed by atoms with Crippen LogP contribution in [0.2, 0.25) is 5.02 Å². The molecule has 0 aliphatic carbocycles. The summed E-state index contributed by atoms with van der Waals surface area (Å²) in [5, 5.41) is 11.7. The van der Waals surface area contributed by atoms with Gasteiger partial charge in [0.05, 0.1) is 27.7 Å². The van der Waals surface area contributed by atoms with Crippen LogP contribution in [0.25, 0.3) is 22.0 Å². The molecule has 0 unspecified atom stereocenters. The van der Waals surface area contributed by atoms with Crippen LogP contribution in [0.15, 0.2) is 93.5 Å². The first kappa shape index (κ1) is 22.9. The van der Waals surface area contributed by atoms with E-state index in [9.17, 15) is 9.59 Å². The maximum atomic E-state index is 13.9. The Morgan fingerprint density at radius 3 is 2.47 bits per heavy atom. The predicted octanol–water partition coefficient (Wildman–Crippen LogP) is 6.97. The first-order valence-electron chi connectivity index (χ1n) is 11.4. The van der Waals surface area contributed by atoms with Crippen molar-refractivity contribution < 1.29 is 4.79 Å². The van der Waals surface area contributed by atoms with Crippen molar-refractivity contribution >= 4 is 56.8 Å². The molecule has 8 heteroatoms. The third kappa shape index (κ3) is 3.80. The fourth-order valence-corrected chi connectivity index (χ4v) is 6.40. The van der Waals surface area contributed by atoms with Crippen molar-refractivity contribution in [1.29, 1.82) is 0 Å². The van der Waals surface area contributed by atoms with Crippen LogP contribution < -0.4 is 5.56 Å². The van der Waals surface area contributed by atoms with Gasteiger partial charge in [0.1, 0.15) is 0 Å². The molecule has 0 N–H and O–H groups in total. The Labute approximate surface area is 220 Å². The van der Waals surface area contributed by atoms with E-state index in [4.69, 9.17) is 16.7 Å². The maximum absolute atomic E-state index is 13.9. The van der Waals surface area contributed by atoms with Crippen LogP contribution >= 0.6 is 34.3 Å². The molecule has 0 fully saturated rings. The highest BCUT2D eigenvalue weighted by molar-refractivity contribution is 7.12. The molecule has 178 valence electrons. The number of pyridine rings is 1. The number of rotatable bonds is 4. The molecule has 0 bridgehead atoms. The van der Waals surface area contributed by atoms with Crippen molar-refractivity contribution in [1.82, 2.24) is 9.58 Å². The number of hydrogen-bond donors (Lipinski definition) is 0. The Bertz CT molecular complexity index is 1670. The lowest BCUT2D eigenvalue weighted by Gasteiger charge is -2.19. The lowest BCUT2D eigenvalue weighted by atomic mass is 9.91. The quantitative estimate of drug-likeness (QED) is 0.252. The molecule has 36 heavy (non-hydrogen) atoms. The zero-order valence-corrected chi connectivity index (χ0v) is 21.6. The number of hydrogen-bond acceptors (Lipinski definition) is 5. The third-order valence-corrected chi connectivity index (χ3v) is 8.50. The number of nitrogens with zero attached hydrogens (tertiary/aromatic N) is 3. The Kier molecular flexibility index (Phi) is 5.84. The zero-order valence-electron chi connectivity index (χ0n) is 19.2. The van der Waals surface area contributed by atoms with Gasteiger partial charge in [0, 0.05) is 34.3 Å². The summed E-state index contributed by atoms with van der Waals surface area (Å²) in [4.78, 5) is 29.0. The molecular formula is C28H20ClN3O2S2. The van der Waals surface area contributed by atoms with Crippen LogP contribution in [-0.2, 0) is 7.05 Å². The molecule has 4 heterocycles. The number of carbonyl (C=O) groups is 1. The van der Waals surface area contributed by atoms with E-state index in [-0.39, 0.29) is 17.5 Å². The standard InChI is InChI=1S/C28H20ClN3O2S2/c1-31-21-12-11-18(29)15-19(21)25(17-7-3-2-4-8-17)26(28(31)34)20-16-22(23-9-5-13-35-23)32(30-20)27(33)24-10-6-14-36-24/h2-15,22H,16H2,1H3/t22-/m0/s1. The predicted molar refractivity (Wildman–Crippen MR) is 148 cm³/mol. The molecule has 0 radical (unpaired) electrons. The normalized spacial score (nSPS) is 15.4. The fourth-order valence-electron chi connectivity index (χ4n) is 4.76. The van der Waals surface area contributed by atoms with E-state index in [0.29, 0.717) is 27.6 Å². The number of aromatic nitrogens is 1. The number of aryl methyl sites for hydroxylation is 1. The lowest BCUT2D eigenvalue weighted by Crippen LogP contribution is -2.26. The average molecular weight is 530 g/mol. The van der Waals surface area contributed by atoms with Gasteiger partial charge in [0.25, 0.3) is 11.5 Å². The molecule has 3 aromatic heterocycles. The highest BCUT2D eigenvalue weighted by Gasteiger charge is 2.37. The van der Waals surface area contributed by atoms with Crippen LogP contribution in [0.5, 0.6) is 0 Å². The van der Waals surface area contributed by atoms with Crippen molar-refractivity contribution in [2.45, 2.75) is 12.5 Å². The van der Waals surface area contributed by atoms with Gasteiger partial charge in [-0.2, -0.15) is 5.10 Å². The summed E-state index contributed by atoms with van der Waals surface area (Å²) in [7, 11) is 1.76. The number of thiophene rings is 2. The van der Waals surface area contributed by atoms with E-state index in [1.54, 1.807) is 40.1 Å². The molecule has 6 rings (SSSR count). The molecule has 5 nitrogen and oxygen atoms in total. The molecule has 1 atom stereocenters. The largest absolute Gasteiger partial charge is 0.311 e. The Balaban J connectivity index is 1.61. The minimum Gasteiger partial charge on any atom is -0.311 e. The second-order valence-electron chi connectivity index (χ2n) is 8.55. The van der Waals surface area contributed by atoms with Crippen LogP contribution in [-0.4, -0.2) is 21.2 Å². The molecule has 1 aliphatic rings. The van der Waals surface area contributed by atoms with Crippen molar-refractivity contribution in [2.75, 3.05) is 0 Å². The maximum Gasteiger partial charge on any atom is 0.284 e. The SMILES string of the molecule is Cn1c(=O)c(C2=NN(C(=O)c3cccs3)[C@H](c3cccs3)C2)c(-c2ccccc2)c2cc(Cl)ccc21. The van der Waals surface area contributed by atoms with E-state index >= 15 is 0 Å². The van der Waals surface area contributed by atoms with E-state index in [1.165, 1.54) is 11.3 Å². The summed E-state index contributed by atoms with van der Waals surface area (Å²) < 4.78 is 1.64. The molecule has 1 aliphatic heterocycles. The fraction of sp³-hybridized carbons (Fsp3) is 0.107. The Morgan fingerprint density at radius 1 is 0.972 bits per heavy atom. The minimum atomic E-state index is -0.280. The lowest BCUT2D eigenvalue weighted by molar-refractivity contribution is 0.0719. The van der Waals surface area contributed by atoms with Gasteiger partial charge in [-0.25, -0.2) is 5.01 Å². The van der Waals surface area contributed by atoms with Crippen LogP contribution in [0, 0.1) is 0 Å². The molecule has 2 aromatic carbocycles. The van der Waals surface area contributed by atoms with Crippen molar-refractivity contribution in [2.24, 2.45) is 12.1 Å². The van der Waals surface area contributed by atoms with Gasteiger partial charge in [0.2, 0.25) is 0 Å². The highest BCUT2D eigenvalue weighted by Crippen LogP contribution is 2.39. The number of halogens is 1. The van der Waals surface area contributed by atoms with Gasteiger partial charge in [-0.1, -0.05) is 54.1 Å². The molecule has 0 saturated heterocycles. The first-order chi connectivity index (χ1) is 17.5. The summed E-state index contributed by atoms with van der Waals surface area (Å²) in [6.07, 6.45) is 0.443. The molecular weight excluding hydrogens is 510 g/mol. The molecule has 5 aromatic rings. The smallest absolute Gasteiger partial charge is 0.284 e. The van der Waals surface area contributed by atoms with Crippen LogP contribution in [0.4, 0.5) is 0 Å². The highest BCUT2D eigenvalue weighted by atomic mass is 35.5. The third-order valence-electron chi connectivity index (χ3n) is 6.43. The molecule has 1 amide bonds. The number of fused-ring (bicyclic) bond motifs is 1. The Hall–Kier alpha value is -3.52. The van der Waals surface area contributed by atoms with Crippen molar-refractivity contribution in [3.8, 4) is 11.1 Å². The second kappa shape index (κ2) is 9.17. The van der Waals surface area contributed by atoms with Gasteiger partial charge < -0.3 is 4.57 Å². The van der Waals surface area contributed by atoms with Gasteiger partial charge in [-0.05, 0) is 46.7 Å². The minimum absolute atomic E-state index is 0.155. The topological polar surface area (TPSA) is 54.7 Å². The van der Waals surface area contributed by atoms with E-state index in [0.717, 1.165) is 26.9 Å². The van der Waals surface area contributed by atoms with Gasteiger partial charge >= 0.3 is 0 Å². The summed E-state index contributed by atoms with van der Waals surface area (Å²) in [6, 6.07) is 22.7. The number of benzene rings is 2. The Morgan fingerprint density at radius 2 is 1.75 bits per heavy atom. The first-order valence-corrected chi connectivity index (χ1v) is 13.5. The summed E-state index contributed by atoms with van der Waals surface area (Å²) >= 11 is 9.40. The second-order valence-corrected chi connectivity index (χ2v) is 10.9. The van der Waals surface area contributed by atoms with E-state index in [2.05, 4.69) is 0 Å². The average Bonchev–Trinajstić information content (AvgIpc) is 3.67. The summed E-state index contributed by atoms with van der Waals surface area (Å²) in [5.41, 5.74) is 3.41. The van der Waals surface area contributed by atoms with Crippen LogP contribution in [0.1, 0.15) is 32.6 Å². The monoisotopic (exact) mass is 529 g/mol. The van der Waals surface area contributed by atoms with E-state index in [1.807, 2.05) is 71.4 Å². The summed E-state index contributed by atoms with van der Waals surface area (Å²) in [5.74, 6) is -0.166. The molecule has 0 saturated carbocycles.